The molecule has 0 bridgehead atoms. The van der Waals surface area contributed by atoms with E-state index in [4.69, 9.17) is 5.10 Å². The van der Waals surface area contributed by atoms with Gasteiger partial charge in [0.05, 0.1) is 11.6 Å². The Labute approximate surface area is 116 Å². The van der Waals surface area contributed by atoms with Crippen molar-refractivity contribution < 1.29 is 0 Å². The molecule has 1 aromatic heterocycles. The van der Waals surface area contributed by atoms with E-state index in [1.54, 1.807) is 0 Å². The fourth-order valence-electron chi connectivity index (χ4n) is 2.91. The highest BCUT2D eigenvalue weighted by Gasteiger charge is 2.26. The van der Waals surface area contributed by atoms with Gasteiger partial charge in [0, 0.05) is 22.6 Å². The minimum Gasteiger partial charge on any atom is -0.306 e. The molecular formula is C14H18BrN3. The maximum Gasteiger partial charge on any atom is 0.0934 e. The van der Waals surface area contributed by atoms with Gasteiger partial charge in [-0.05, 0) is 38.1 Å². The molecule has 1 aliphatic rings. The Balaban J connectivity index is 1.94. The van der Waals surface area contributed by atoms with Crippen LogP contribution in [0.25, 0.3) is 10.9 Å². The third kappa shape index (κ3) is 2.19. The highest BCUT2D eigenvalue weighted by molar-refractivity contribution is 9.10. The number of benzene rings is 1. The van der Waals surface area contributed by atoms with Crippen molar-refractivity contribution >= 4 is 26.8 Å². The largest absolute Gasteiger partial charge is 0.306 e. The maximum absolute atomic E-state index is 4.74. The van der Waals surface area contributed by atoms with E-state index in [1.807, 2.05) is 0 Å². The average molecular weight is 308 g/mol. The van der Waals surface area contributed by atoms with Crippen molar-refractivity contribution in [1.82, 2.24) is 14.7 Å². The van der Waals surface area contributed by atoms with Crippen molar-refractivity contribution in [3.63, 3.8) is 0 Å². The van der Waals surface area contributed by atoms with E-state index in [0.29, 0.717) is 12.0 Å². The Hall–Kier alpha value is -0.870. The number of likely N-dealkylation sites (tertiary alicyclic amines) is 1. The molecule has 18 heavy (non-hydrogen) atoms. The Morgan fingerprint density at radius 3 is 3.00 bits per heavy atom. The van der Waals surface area contributed by atoms with Crippen LogP contribution < -0.4 is 0 Å². The zero-order valence-corrected chi connectivity index (χ0v) is 12.4. The van der Waals surface area contributed by atoms with Crippen LogP contribution in [0.5, 0.6) is 0 Å². The molecule has 2 heterocycles. The zero-order chi connectivity index (χ0) is 12.7. The second-order valence-corrected chi connectivity index (χ2v) is 6.32. The molecule has 0 aliphatic carbocycles. The number of piperidine rings is 1. The van der Waals surface area contributed by atoms with E-state index in [1.165, 1.54) is 11.8 Å². The lowest BCUT2D eigenvalue weighted by Crippen LogP contribution is -2.37. The van der Waals surface area contributed by atoms with E-state index >= 15 is 0 Å². The van der Waals surface area contributed by atoms with Gasteiger partial charge in [-0.2, -0.15) is 5.10 Å². The van der Waals surface area contributed by atoms with Gasteiger partial charge in [-0.3, -0.25) is 4.68 Å². The highest BCUT2D eigenvalue weighted by Crippen LogP contribution is 2.28. The van der Waals surface area contributed by atoms with Crippen molar-refractivity contribution in [1.29, 1.82) is 0 Å². The number of aromatic nitrogens is 2. The van der Waals surface area contributed by atoms with E-state index < -0.39 is 0 Å². The quantitative estimate of drug-likeness (QED) is 0.806. The molecule has 1 fully saturated rings. The molecule has 2 aromatic rings. The summed E-state index contributed by atoms with van der Waals surface area (Å²) in [6.45, 7) is 4.64. The number of nitrogens with zero attached hydrogens (tertiary/aromatic N) is 3. The van der Waals surface area contributed by atoms with Crippen LogP contribution in [-0.4, -0.2) is 34.8 Å². The maximum atomic E-state index is 4.74. The third-order valence-corrected chi connectivity index (χ3v) is 4.38. The summed E-state index contributed by atoms with van der Waals surface area (Å²) in [5.41, 5.74) is 1.08. The Morgan fingerprint density at radius 2 is 2.22 bits per heavy atom. The lowest BCUT2D eigenvalue weighted by Gasteiger charge is -2.34. The predicted octanol–water partition coefficient (Wildman–Crippen LogP) is 3.31. The van der Waals surface area contributed by atoms with Gasteiger partial charge in [-0.15, -0.1) is 0 Å². The SMILES string of the molecule is C[C@@H]1CN(C)CC[C@H]1n1cc2ccc(Br)cc2n1. The third-order valence-electron chi connectivity index (χ3n) is 3.89. The van der Waals surface area contributed by atoms with Gasteiger partial charge in [0.15, 0.2) is 0 Å². The van der Waals surface area contributed by atoms with E-state index in [2.05, 4.69) is 63.9 Å². The lowest BCUT2D eigenvalue weighted by atomic mass is 9.94. The van der Waals surface area contributed by atoms with Gasteiger partial charge in [-0.25, -0.2) is 0 Å². The highest BCUT2D eigenvalue weighted by atomic mass is 79.9. The normalized spacial score (nSPS) is 25.7. The van der Waals surface area contributed by atoms with E-state index in [-0.39, 0.29) is 0 Å². The van der Waals surface area contributed by atoms with Gasteiger partial charge >= 0.3 is 0 Å². The fourth-order valence-corrected chi connectivity index (χ4v) is 3.26. The second kappa shape index (κ2) is 4.67. The van der Waals surface area contributed by atoms with Gasteiger partial charge < -0.3 is 4.90 Å². The molecular weight excluding hydrogens is 290 g/mol. The number of hydrogen-bond donors (Lipinski definition) is 0. The fraction of sp³-hybridized carbons (Fsp3) is 0.500. The number of rotatable bonds is 1. The van der Waals surface area contributed by atoms with Crippen LogP contribution in [0.15, 0.2) is 28.9 Å². The van der Waals surface area contributed by atoms with E-state index in [0.717, 1.165) is 23.1 Å². The summed E-state index contributed by atoms with van der Waals surface area (Å²) < 4.78 is 3.27. The molecule has 2 atom stereocenters. The first-order valence-corrected chi connectivity index (χ1v) is 7.26. The minimum atomic E-state index is 0.535. The first-order valence-electron chi connectivity index (χ1n) is 6.46. The molecule has 0 radical (unpaired) electrons. The van der Waals surface area contributed by atoms with Gasteiger partial charge in [0.2, 0.25) is 0 Å². The van der Waals surface area contributed by atoms with Crippen molar-refractivity contribution in [2.24, 2.45) is 5.92 Å². The Bertz CT molecular complexity index is 563. The number of halogens is 1. The molecule has 96 valence electrons. The van der Waals surface area contributed by atoms with Gasteiger partial charge in [0.1, 0.15) is 0 Å². The predicted molar refractivity (Wildman–Crippen MR) is 77.7 cm³/mol. The molecule has 0 saturated carbocycles. The molecule has 0 amide bonds. The molecule has 1 aromatic carbocycles. The Morgan fingerprint density at radius 1 is 1.39 bits per heavy atom. The molecule has 1 aliphatic heterocycles. The minimum absolute atomic E-state index is 0.535. The van der Waals surface area contributed by atoms with Crippen molar-refractivity contribution in [2.45, 2.75) is 19.4 Å². The molecule has 3 rings (SSSR count). The molecule has 3 nitrogen and oxygen atoms in total. The smallest absolute Gasteiger partial charge is 0.0934 e. The van der Waals surface area contributed by atoms with Crippen LogP contribution in [0, 0.1) is 5.92 Å². The average Bonchev–Trinajstić information content (AvgIpc) is 2.71. The summed E-state index contributed by atoms with van der Waals surface area (Å²) in [4.78, 5) is 2.40. The van der Waals surface area contributed by atoms with Crippen LogP contribution >= 0.6 is 15.9 Å². The number of hydrogen-bond acceptors (Lipinski definition) is 2. The second-order valence-electron chi connectivity index (χ2n) is 5.41. The van der Waals surface area contributed by atoms with Crippen molar-refractivity contribution in [2.75, 3.05) is 20.1 Å². The number of fused-ring (bicyclic) bond motifs is 1. The van der Waals surface area contributed by atoms with Gasteiger partial charge in [0.25, 0.3) is 0 Å². The molecule has 1 saturated heterocycles. The topological polar surface area (TPSA) is 21.1 Å². The zero-order valence-electron chi connectivity index (χ0n) is 10.8. The van der Waals surface area contributed by atoms with Crippen LogP contribution in [0.1, 0.15) is 19.4 Å². The summed E-state index contributed by atoms with van der Waals surface area (Å²) in [6, 6.07) is 6.83. The summed E-state index contributed by atoms with van der Waals surface area (Å²) in [7, 11) is 2.20. The summed E-state index contributed by atoms with van der Waals surface area (Å²) >= 11 is 3.50. The van der Waals surface area contributed by atoms with Crippen LogP contribution in [-0.2, 0) is 0 Å². The van der Waals surface area contributed by atoms with Crippen LogP contribution in [0.4, 0.5) is 0 Å². The van der Waals surface area contributed by atoms with Crippen molar-refractivity contribution in [3.8, 4) is 0 Å². The van der Waals surface area contributed by atoms with Crippen molar-refractivity contribution in [3.05, 3.63) is 28.9 Å². The molecule has 0 N–H and O–H groups in total. The standard InChI is InChI=1S/C14H18BrN3/c1-10-8-17(2)6-5-14(10)18-9-11-3-4-12(15)7-13(11)16-18/h3-4,7,9-10,14H,5-6,8H2,1-2H3/t10-,14-/m1/s1. The summed E-state index contributed by atoms with van der Waals surface area (Å²) in [5, 5.41) is 5.97. The first-order chi connectivity index (χ1) is 8.63. The summed E-state index contributed by atoms with van der Waals surface area (Å²) in [5.74, 6) is 0.654. The van der Waals surface area contributed by atoms with E-state index in [9.17, 15) is 0 Å². The summed E-state index contributed by atoms with van der Waals surface area (Å²) in [6.07, 6.45) is 3.38. The Kier molecular flexibility index (Phi) is 3.16. The molecule has 0 unspecified atom stereocenters. The molecule has 4 heteroatoms. The first kappa shape index (κ1) is 12.2. The van der Waals surface area contributed by atoms with Crippen LogP contribution in [0.2, 0.25) is 0 Å². The lowest BCUT2D eigenvalue weighted by molar-refractivity contribution is 0.151. The molecule has 0 spiro atoms. The van der Waals surface area contributed by atoms with Crippen LogP contribution in [0.3, 0.4) is 0 Å². The van der Waals surface area contributed by atoms with Gasteiger partial charge in [-0.1, -0.05) is 28.9 Å². The monoisotopic (exact) mass is 307 g/mol.